The highest BCUT2D eigenvalue weighted by molar-refractivity contribution is 5.46. The van der Waals surface area contributed by atoms with Crippen LogP contribution in [0.4, 0.5) is 4.39 Å². The average Bonchev–Trinajstić information content (AvgIpc) is 2.62. The van der Waals surface area contributed by atoms with Crippen LogP contribution in [0.2, 0.25) is 0 Å². The highest BCUT2D eigenvalue weighted by Crippen LogP contribution is 2.34. The molecule has 0 unspecified atom stereocenters. The number of rotatable bonds is 2. The minimum absolute atomic E-state index is 0.127. The van der Waals surface area contributed by atoms with Crippen LogP contribution in [-0.4, -0.2) is 6.61 Å². The van der Waals surface area contributed by atoms with Crippen molar-refractivity contribution in [1.29, 1.82) is 0 Å². The lowest BCUT2D eigenvalue weighted by molar-refractivity contribution is 0.350. The molecule has 1 aromatic carbocycles. The van der Waals surface area contributed by atoms with Gasteiger partial charge < -0.3 is 10.5 Å². The second kappa shape index (κ2) is 3.58. The Bertz CT molecular complexity index is 351. The Balaban J connectivity index is 2.48. The quantitative estimate of drug-likeness (QED) is 0.785. The normalized spacial score (nSPS) is 16.2. The van der Waals surface area contributed by atoms with Crippen molar-refractivity contribution in [3.05, 3.63) is 29.1 Å². The number of hydrogen-bond donors (Lipinski definition) is 1. The van der Waals surface area contributed by atoms with Gasteiger partial charge >= 0.3 is 0 Å². The van der Waals surface area contributed by atoms with Gasteiger partial charge in [0.1, 0.15) is 11.6 Å². The number of halogens is 1. The fraction of sp³-hybridized carbons (Fsp3) is 0.455. The molecule has 1 aliphatic rings. The zero-order valence-corrected chi connectivity index (χ0v) is 8.22. The zero-order valence-electron chi connectivity index (χ0n) is 8.22. The molecule has 0 radical (unpaired) electrons. The molecule has 76 valence electrons. The van der Waals surface area contributed by atoms with Crippen molar-refractivity contribution < 1.29 is 9.13 Å². The fourth-order valence-electron chi connectivity index (χ4n) is 1.79. The Kier molecular flexibility index (Phi) is 2.42. The van der Waals surface area contributed by atoms with Gasteiger partial charge in [0.2, 0.25) is 0 Å². The Hall–Kier alpha value is -1.09. The molecule has 2 rings (SSSR count). The largest absolute Gasteiger partial charge is 0.493 e. The van der Waals surface area contributed by atoms with Crippen LogP contribution >= 0.6 is 0 Å². The van der Waals surface area contributed by atoms with E-state index < -0.39 is 0 Å². The van der Waals surface area contributed by atoms with Gasteiger partial charge in [0.15, 0.2) is 0 Å². The van der Waals surface area contributed by atoms with Gasteiger partial charge in [-0.1, -0.05) is 6.92 Å². The molecule has 0 spiro atoms. The first-order chi connectivity index (χ1) is 6.72. The summed E-state index contributed by atoms with van der Waals surface area (Å²) in [5, 5.41) is 0. The van der Waals surface area contributed by atoms with Gasteiger partial charge in [-0.05, 0) is 18.6 Å². The van der Waals surface area contributed by atoms with E-state index in [-0.39, 0.29) is 11.9 Å². The van der Waals surface area contributed by atoms with Gasteiger partial charge in [-0.2, -0.15) is 0 Å². The van der Waals surface area contributed by atoms with E-state index in [9.17, 15) is 4.39 Å². The van der Waals surface area contributed by atoms with Gasteiger partial charge in [-0.15, -0.1) is 0 Å². The summed E-state index contributed by atoms with van der Waals surface area (Å²) in [5.74, 6) is 0.592. The monoisotopic (exact) mass is 195 g/mol. The fourth-order valence-corrected chi connectivity index (χ4v) is 1.79. The maximum Gasteiger partial charge on any atom is 0.127 e. The second-order valence-electron chi connectivity index (χ2n) is 3.60. The van der Waals surface area contributed by atoms with Crippen LogP contribution in [0.1, 0.15) is 30.5 Å². The molecule has 1 aliphatic heterocycles. The average molecular weight is 195 g/mol. The molecule has 1 aromatic rings. The lowest BCUT2D eigenvalue weighted by Crippen LogP contribution is -2.10. The van der Waals surface area contributed by atoms with Crippen LogP contribution in [0.3, 0.4) is 0 Å². The van der Waals surface area contributed by atoms with E-state index in [1.807, 2.05) is 6.92 Å². The maximum absolute atomic E-state index is 13.2. The molecule has 0 amide bonds. The summed E-state index contributed by atoms with van der Waals surface area (Å²) >= 11 is 0. The molecule has 3 heteroatoms. The third-order valence-corrected chi connectivity index (χ3v) is 2.62. The van der Waals surface area contributed by atoms with Crippen LogP contribution in [0.15, 0.2) is 12.1 Å². The van der Waals surface area contributed by atoms with Crippen LogP contribution in [-0.2, 0) is 6.42 Å². The van der Waals surface area contributed by atoms with Crippen LogP contribution in [0.5, 0.6) is 5.75 Å². The number of hydrogen-bond acceptors (Lipinski definition) is 2. The Morgan fingerprint density at radius 1 is 1.57 bits per heavy atom. The first-order valence-electron chi connectivity index (χ1n) is 4.93. The van der Waals surface area contributed by atoms with E-state index in [1.165, 1.54) is 12.1 Å². The topological polar surface area (TPSA) is 35.2 Å². The minimum Gasteiger partial charge on any atom is -0.493 e. The summed E-state index contributed by atoms with van der Waals surface area (Å²) in [6.07, 6.45) is 1.58. The summed E-state index contributed by atoms with van der Waals surface area (Å²) in [5.41, 5.74) is 7.64. The highest BCUT2D eigenvalue weighted by atomic mass is 19.1. The summed E-state index contributed by atoms with van der Waals surface area (Å²) in [6.45, 7) is 2.62. The summed E-state index contributed by atoms with van der Waals surface area (Å²) in [7, 11) is 0. The predicted molar refractivity (Wildman–Crippen MR) is 52.8 cm³/mol. The molecule has 0 aliphatic carbocycles. The number of fused-ring (bicyclic) bond motifs is 1. The van der Waals surface area contributed by atoms with E-state index in [2.05, 4.69) is 0 Å². The van der Waals surface area contributed by atoms with Crippen LogP contribution in [0.25, 0.3) is 0 Å². The molecule has 1 atom stereocenters. The van der Waals surface area contributed by atoms with E-state index in [0.717, 1.165) is 29.7 Å². The number of nitrogens with two attached hydrogens (primary N) is 1. The molecule has 0 bridgehead atoms. The molecule has 0 saturated heterocycles. The Labute approximate surface area is 82.9 Å². The maximum atomic E-state index is 13.2. The molecular formula is C11H14FNO. The predicted octanol–water partition coefficient (Wildman–Crippen LogP) is 2.17. The summed E-state index contributed by atoms with van der Waals surface area (Å²) < 4.78 is 18.7. The molecule has 14 heavy (non-hydrogen) atoms. The smallest absolute Gasteiger partial charge is 0.127 e. The van der Waals surface area contributed by atoms with E-state index in [4.69, 9.17) is 10.5 Å². The van der Waals surface area contributed by atoms with Crippen molar-refractivity contribution in [2.75, 3.05) is 6.61 Å². The lowest BCUT2D eigenvalue weighted by Gasteiger charge is -2.13. The highest BCUT2D eigenvalue weighted by Gasteiger charge is 2.20. The van der Waals surface area contributed by atoms with E-state index >= 15 is 0 Å². The summed E-state index contributed by atoms with van der Waals surface area (Å²) in [4.78, 5) is 0. The van der Waals surface area contributed by atoms with Gasteiger partial charge in [0, 0.05) is 23.6 Å². The molecule has 0 fully saturated rings. The molecule has 2 nitrogen and oxygen atoms in total. The van der Waals surface area contributed by atoms with Gasteiger partial charge in [0.05, 0.1) is 6.61 Å². The Morgan fingerprint density at radius 2 is 2.36 bits per heavy atom. The van der Waals surface area contributed by atoms with Crippen molar-refractivity contribution in [1.82, 2.24) is 0 Å². The van der Waals surface area contributed by atoms with E-state index in [1.54, 1.807) is 0 Å². The third-order valence-electron chi connectivity index (χ3n) is 2.62. The van der Waals surface area contributed by atoms with Crippen molar-refractivity contribution >= 4 is 0 Å². The van der Waals surface area contributed by atoms with Crippen molar-refractivity contribution in [2.24, 2.45) is 5.73 Å². The third kappa shape index (κ3) is 1.48. The molecular weight excluding hydrogens is 181 g/mol. The van der Waals surface area contributed by atoms with Crippen molar-refractivity contribution in [3.63, 3.8) is 0 Å². The SMILES string of the molecule is CC[C@H](N)c1cc(F)cc2c1OCC2. The number of ether oxygens (including phenoxy) is 1. The molecule has 0 saturated carbocycles. The van der Waals surface area contributed by atoms with Gasteiger partial charge in [-0.25, -0.2) is 4.39 Å². The number of benzene rings is 1. The van der Waals surface area contributed by atoms with Crippen LogP contribution in [0, 0.1) is 5.82 Å². The van der Waals surface area contributed by atoms with Crippen molar-refractivity contribution in [3.8, 4) is 5.75 Å². The first-order valence-corrected chi connectivity index (χ1v) is 4.93. The van der Waals surface area contributed by atoms with Crippen LogP contribution < -0.4 is 10.5 Å². The standard InChI is InChI=1S/C11H14FNO/c1-2-10(13)9-6-8(12)5-7-3-4-14-11(7)9/h5-6,10H,2-4,13H2,1H3/t10-/m0/s1. The second-order valence-corrected chi connectivity index (χ2v) is 3.60. The lowest BCUT2D eigenvalue weighted by atomic mass is 10.0. The van der Waals surface area contributed by atoms with Crippen molar-refractivity contribution in [2.45, 2.75) is 25.8 Å². The zero-order chi connectivity index (χ0) is 10.1. The molecule has 2 N–H and O–H groups in total. The molecule has 0 aromatic heterocycles. The van der Waals surface area contributed by atoms with Gasteiger partial charge in [-0.3, -0.25) is 0 Å². The van der Waals surface area contributed by atoms with Gasteiger partial charge in [0.25, 0.3) is 0 Å². The van der Waals surface area contributed by atoms with E-state index in [0.29, 0.717) is 6.61 Å². The minimum atomic E-state index is -0.215. The Morgan fingerprint density at radius 3 is 3.07 bits per heavy atom. The molecule has 1 heterocycles. The summed E-state index contributed by atoms with van der Waals surface area (Å²) in [6, 6.07) is 2.89. The first kappa shape index (κ1) is 9.46.